The number of hydrogen-bond donors (Lipinski definition) is 1. The van der Waals surface area contributed by atoms with Gasteiger partial charge < -0.3 is 0 Å². The van der Waals surface area contributed by atoms with E-state index in [2.05, 4.69) is 9.71 Å². The molecule has 0 saturated carbocycles. The molecule has 0 spiro atoms. The van der Waals surface area contributed by atoms with Crippen LogP contribution in [0.5, 0.6) is 0 Å². The van der Waals surface area contributed by atoms with Crippen molar-refractivity contribution < 1.29 is 13.2 Å². The maximum absolute atomic E-state index is 12.6. The van der Waals surface area contributed by atoms with Gasteiger partial charge >= 0.3 is 0 Å². The van der Waals surface area contributed by atoms with Crippen molar-refractivity contribution in [1.82, 2.24) is 14.1 Å². The fourth-order valence-corrected chi connectivity index (χ4v) is 4.87. The van der Waals surface area contributed by atoms with Gasteiger partial charge in [0.05, 0.1) is 5.25 Å². The molecule has 9 heteroatoms. The number of benzene rings is 1. The van der Waals surface area contributed by atoms with Crippen LogP contribution in [0.1, 0.15) is 6.92 Å². The number of fused-ring (bicyclic) bond motifs is 1. The van der Waals surface area contributed by atoms with E-state index in [9.17, 15) is 13.2 Å². The van der Waals surface area contributed by atoms with Gasteiger partial charge in [-0.2, -0.15) is 8.42 Å². The number of thioether (sulfide) groups is 1. The van der Waals surface area contributed by atoms with E-state index in [1.165, 1.54) is 22.4 Å². The Labute approximate surface area is 154 Å². The molecule has 3 aromatic rings. The first kappa shape index (κ1) is 17.8. The Morgan fingerprint density at radius 1 is 1.20 bits per heavy atom. The molecule has 6 nitrogen and oxygen atoms in total. The number of halogens is 1. The first-order valence-electron chi connectivity index (χ1n) is 7.29. The van der Waals surface area contributed by atoms with Crippen molar-refractivity contribution in [3.05, 3.63) is 59.9 Å². The molecule has 0 aliphatic heterocycles. The second-order valence-electron chi connectivity index (χ2n) is 5.18. The number of sulfonamides is 1. The molecule has 1 unspecified atom stereocenters. The van der Waals surface area contributed by atoms with E-state index in [-0.39, 0.29) is 10.2 Å². The molecule has 0 saturated heterocycles. The summed E-state index contributed by atoms with van der Waals surface area (Å²) in [5, 5.41) is -1.04. The molecule has 0 radical (unpaired) electrons. The highest BCUT2D eigenvalue weighted by Crippen LogP contribution is 2.25. The summed E-state index contributed by atoms with van der Waals surface area (Å²) in [7, 11) is -4.16. The Morgan fingerprint density at radius 3 is 2.60 bits per heavy atom. The summed E-state index contributed by atoms with van der Waals surface area (Å²) in [5.41, 5.74) is 0.382. The van der Waals surface area contributed by atoms with E-state index in [0.29, 0.717) is 5.65 Å². The van der Waals surface area contributed by atoms with Crippen LogP contribution in [0.15, 0.2) is 64.6 Å². The number of nitrogens with zero attached hydrogens (tertiary/aromatic N) is 2. The first-order chi connectivity index (χ1) is 11.9. The Bertz CT molecular complexity index is 1020. The molecule has 0 fully saturated rings. The number of hydrogen-bond acceptors (Lipinski definition) is 5. The van der Waals surface area contributed by atoms with E-state index in [4.69, 9.17) is 11.6 Å². The fraction of sp³-hybridized carbons (Fsp3) is 0.125. The fourth-order valence-electron chi connectivity index (χ4n) is 2.21. The Kier molecular flexibility index (Phi) is 5.03. The van der Waals surface area contributed by atoms with Crippen LogP contribution >= 0.6 is 23.4 Å². The van der Waals surface area contributed by atoms with Crippen LogP contribution in [0.4, 0.5) is 0 Å². The highest BCUT2D eigenvalue weighted by atomic mass is 35.5. The van der Waals surface area contributed by atoms with Crippen molar-refractivity contribution in [3.63, 3.8) is 0 Å². The van der Waals surface area contributed by atoms with Gasteiger partial charge in [0.25, 0.3) is 10.0 Å². The standard InChI is InChI=1S/C16H14ClN3O3S2/c1-11(24-12-7-3-2-4-8-12)15(21)19-25(22,23)16-14(17)18-13-9-5-6-10-20(13)16/h2-11H,1H3,(H,19,21). The maximum Gasteiger partial charge on any atom is 0.283 e. The van der Waals surface area contributed by atoms with Gasteiger partial charge in [0.2, 0.25) is 5.91 Å². The van der Waals surface area contributed by atoms with Crippen LogP contribution in [0.2, 0.25) is 5.15 Å². The van der Waals surface area contributed by atoms with Gasteiger partial charge in [0.15, 0.2) is 10.2 Å². The second kappa shape index (κ2) is 7.07. The molecule has 1 atom stereocenters. The molecule has 0 bridgehead atoms. The predicted octanol–water partition coefficient (Wildman–Crippen LogP) is 2.97. The lowest BCUT2D eigenvalue weighted by Gasteiger charge is -2.12. The van der Waals surface area contributed by atoms with Crippen LogP contribution < -0.4 is 4.72 Å². The Morgan fingerprint density at radius 2 is 1.88 bits per heavy atom. The lowest BCUT2D eigenvalue weighted by Crippen LogP contribution is -2.36. The SMILES string of the molecule is CC(Sc1ccccc1)C(=O)NS(=O)(=O)c1c(Cl)nc2ccccn12. The summed E-state index contributed by atoms with van der Waals surface area (Å²) >= 11 is 7.24. The third kappa shape index (κ3) is 3.81. The zero-order valence-corrected chi connectivity index (χ0v) is 15.5. The molecule has 130 valence electrons. The monoisotopic (exact) mass is 395 g/mol. The molecular weight excluding hydrogens is 382 g/mol. The van der Waals surface area contributed by atoms with E-state index in [0.717, 1.165) is 4.90 Å². The molecule has 2 aromatic heterocycles. The molecule has 1 amide bonds. The number of imidazole rings is 1. The topological polar surface area (TPSA) is 80.5 Å². The van der Waals surface area contributed by atoms with Crippen molar-refractivity contribution in [2.24, 2.45) is 0 Å². The Balaban J connectivity index is 1.83. The van der Waals surface area contributed by atoms with Gasteiger partial charge in [-0.1, -0.05) is 35.9 Å². The van der Waals surface area contributed by atoms with E-state index in [1.807, 2.05) is 30.3 Å². The summed E-state index contributed by atoms with van der Waals surface area (Å²) in [6, 6.07) is 14.3. The number of carbonyl (C=O) groups excluding carboxylic acids is 1. The van der Waals surface area contributed by atoms with Crippen molar-refractivity contribution in [3.8, 4) is 0 Å². The second-order valence-corrected chi connectivity index (χ2v) is 8.55. The number of carbonyl (C=O) groups is 1. The minimum absolute atomic E-state index is 0.185. The number of amides is 1. The van der Waals surface area contributed by atoms with Gasteiger partial charge in [0.1, 0.15) is 5.65 Å². The molecule has 2 heterocycles. The molecule has 25 heavy (non-hydrogen) atoms. The molecule has 1 aromatic carbocycles. The molecule has 1 N–H and O–H groups in total. The summed E-state index contributed by atoms with van der Waals surface area (Å²) in [4.78, 5) is 17.2. The van der Waals surface area contributed by atoms with E-state index in [1.54, 1.807) is 25.1 Å². The highest BCUT2D eigenvalue weighted by Gasteiger charge is 2.28. The average molecular weight is 396 g/mol. The minimum Gasteiger partial charge on any atom is -0.288 e. The maximum atomic E-state index is 12.6. The minimum atomic E-state index is -4.16. The Hall–Kier alpha value is -2.03. The highest BCUT2D eigenvalue weighted by molar-refractivity contribution is 8.00. The van der Waals surface area contributed by atoms with Gasteiger partial charge in [-0.05, 0) is 31.2 Å². The summed E-state index contributed by atoms with van der Waals surface area (Å²) in [6.45, 7) is 1.64. The zero-order valence-electron chi connectivity index (χ0n) is 13.1. The molecule has 3 rings (SSSR count). The molecule has 0 aliphatic rings. The van der Waals surface area contributed by atoms with E-state index < -0.39 is 21.2 Å². The zero-order chi connectivity index (χ0) is 18.0. The third-order valence-corrected chi connectivity index (χ3v) is 6.22. The predicted molar refractivity (Wildman–Crippen MR) is 97.3 cm³/mol. The summed E-state index contributed by atoms with van der Waals surface area (Å²) < 4.78 is 28.6. The van der Waals surface area contributed by atoms with Gasteiger partial charge in [-0.25, -0.2) is 9.71 Å². The van der Waals surface area contributed by atoms with Gasteiger partial charge in [0, 0.05) is 11.1 Å². The van der Waals surface area contributed by atoms with Gasteiger partial charge in [-0.3, -0.25) is 9.20 Å². The lowest BCUT2D eigenvalue weighted by atomic mass is 10.4. The number of rotatable bonds is 5. The average Bonchev–Trinajstić information content (AvgIpc) is 2.91. The summed E-state index contributed by atoms with van der Waals surface area (Å²) in [6.07, 6.45) is 1.52. The van der Waals surface area contributed by atoms with E-state index >= 15 is 0 Å². The number of aromatic nitrogens is 2. The van der Waals surface area contributed by atoms with Crippen LogP contribution in [0.25, 0.3) is 5.65 Å². The quantitative estimate of drug-likeness (QED) is 0.672. The molecule has 0 aliphatic carbocycles. The molecular formula is C16H14ClN3O3S2. The van der Waals surface area contributed by atoms with Crippen LogP contribution in [-0.2, 0) is 14.8 Å². The first-order valence-corrected chi connectivity index (χ1v) is 10.0. The van der Waals surface area contributed by atoms with Gasteiger partial charge in [-0.15, -0.1) is 11.8 Å². The smallest absolute Gasteiger partial charge is 0.283 e. The number of nitrogens with one attached hydrogen (secondary N) is 1. The van der Waals surface area contributed by atoms with Crippen LogP contribution in [0, 0.1) is 0 Å². The van der Waals surface area contributed by atoms with Crippen LogP contribution in [0.3, 0.4) is 0 Å². The van der Waals surface area contributed by atoms with Crippen molar-refractivity contribution in [2.45, 2.75) is 22.1 Å². The summed E-state index contributed by atoms with van der Waals surface area (Å²) in [5.74, 6) is -0.629. The van der Waals surface area contributed by atoms with Crippen LogP contribution in [-0.4, -0.2) is 29.0 Å². The van der Waals surface area contributed by atoms with Crippen molar-refractivity contribution in [2.75, 3.05) is 0 Å². The van der Waals surface area contributed by atoms with Crippen molar-refractivity contribution in [1.29, 1.82) is 0 Å². The normalized spacial score (nSPS) is 12.9. The lowest BCUT2D eigenvalue weighted by molar-refractivity contribution is -0.118. The number of pyridine rings is 1. The van der Waals surface area contributed by atoms with Crippen molar-refractivity contribution >= 4 is 44.9 Å². The third-order valence-electron chi connectivity index (χ3n) is 3.36. The largest absolute Gasteiger partial charge is 0.288 e.